The summed E-state index contributed by atoms with van der Waals surface area (Å²) in [6.07, 6.45) is -4.71. The van der Waals surface area contributed by atoms with E-state index in [0.717, 1.165) is 5.56 Å². The minimum absolute atomic E-state index is 0.0209. The zero-order valence-corrected chi connectivity index (χ0v) is 19.1. The molecule has 3 aliphatic rings. The predicted molar refractivity (Wildman–Crippen MR) is 121 cm³/mol. The Hall–Kier alpha value is -3.38. The molecule has 6 N–H and O–H groups in total. The van der Waals surface area contributed by atoms with Crippen molar-refractivity contribution in [3.05, 3.63) is 52.6 Å². The first-order valence-corrected chi connectivity index (χ1v) is 11.2. The summed E-state index contributed by atoms with van der Waals surface area (Å²) in [5.74, 6) is -2.27. The highest BCUT2D eigenvalue weighted by molar-refractivity contribution is 6.02. The van der Waals surface area contributed by atoms with Crippen molar-refractivity contribution in [3.63, 3.8) is 0 Å². The summed E-state index contributed by atoms with van der Waals surface area (Å²) in [5, 5.41) is 48.2. The Kier molecular flexibility index (Phi) is 5.80. The Bertz CT molecular complexity index is 1190. The molecule has 0 aromatic heterocycles. The number of rotatable bonds is 4. The Morgan fingerprint density at radius 2 is 1.91 bits per heavy atom. The van der Waals surface area contributed by atoms with Crippen LogP contribution in [-0.4, -0.2) is 88.4 Å². The molecule has 11 heteroatoms. The minimum Gasteiger partial charge on any atom is -0.504 e. The van der Waals surface area contributed by atoms with Gasteiger partial charge in [0.1, 0.15) is 18.3 Å². The van der Waals surface area contributed by atoms with Gasteiger partial charge in [-0.1, -0.05) is 12.1 Å². The molecule has 0 radical (unpaired) electrons. The molecule has 11 nitrogen and oxygen atoms in total. The second-order valence-electron chi connectivity index (χ2n) is 9.36. The number of carbonyl (C=O) groups excluding carboxylic acids is 2. The van der Waals surface area contributed by atoms with Crippen molar-refractivity contribution in [3.8, 4) is 17.2 Å². The number of nitrogens with zero attached hydrogens (tertiary/aromatic N) is 1. The fourth-order valence-corrected chi connectivity index (χ4v) is 5.19. The van der Waals surface area contributed by atoms with Crippen LogP contribution in [0.25, 0.3) is 0 Å². The smallest absolute Gasteiger partial charge is 0.255 e. The summed E-state index contributed by atoms with van der Waals surface area (Å²) in [6.45, 7) is 0.476. The van der Waals surface area contributed by atoms with Gasteiger partial charge >= 0.3 is 0 Å². The molecule has 1 aliphatic carbocycles. The quantitative estimate of drug-likeness (QED) is 0.328. The number of carbonyl (C=O) groups is 2. The highest BCUT2D eigenvalue weighted by atomic mass is 16.7. The standard InChI is InChI=1S/C24H27N3O8/c1-27(2)8-10-4-3-5-11(6-10)23(32)25-16-14-12-7-13-22(35-9-34-13)18(28)15(12)24(33)26-17(14)20(30)21(31)19(16)29/h3-7,14,16-17,19-21,28-31H,8-9H2,1-2H3,(H,25,32)(H,26,33). The fraction of sp³-hybridized carbons (Fsp3) is 0.417. The van der Waals surface area contributed by atoms with Crippen LogP contribution in [0.3, 0.4) is 0 Å². The predicted octanol–water partition coefficient (Wildman–Crippen LogP) is -0.727. The molecule has 1 saturated carbocycles. The summed E-state index contributed by atoms with van der Waals surface area (Å²) >= 11 is 0. The molecule has 186 valence electrons. The molecule has 5 rings (SSSR count). The number of aliphatic hydroxyl groups is 3. The average Bonchev–Trinajstić information content (AvgIpc) is 3.29. The van der Waals surface area contributed by atoms with Crippen LogP contribution in [-0.2, 0) is 6.54 Å². The van der Waals surface area contributed by atoms with E-state index in [1.165, 1.54) is 6.07 Å². The molecule has 6 atom stereocenters. The monoisotopic (exact) mass is 485 g/mol. The number of phenols is 1. The van der Waals surface area contributed by atoms with E-state index in [1.54, 1.807) is 18.2 Å². The van der Waals surface area contributed by atoms with Crippen molar-refractivity contribution in [1.29, 1.82) is 0 Å². The van der Waals surface area contributed by atoms with Crippen LogP contribution in [0.5, 0.6) is 17.2 Å². The number of aliphatic hydroxyl groups excluding tert-OH is 3. The number of aromatic hydroxyl groups is 1. The number of hydrogen-bond donors (Lipinski definition) is 6. The van der Waals surface area contributed by atoms with Crippen LogP contribution in [0.4, 0.5) is 0 Å². The highest BCUT2D eigenvalue weighted by Gasteiger charge is 2.54. The van der Waals surface area contributed by atoms with Crippen LogP contribution >= 0.6 is 0 Å². The highest BCUT2D eigenvalue weighted by Crippen LogP contribution is 2.50. The number of amides is 2. The molecule has 2 aromatic rings. The lowest BCUT2D eigenvalue weighted by atomic mass is 9.68. The minimum atomic E-state index is -1.63. The lowest BCUT2D eigenvalue weighted by Gasteiger charge is -2.49. The largest absolute Gasteiger partial charge is 0.504 e. The lowest BCUT2D eigenvalue weighted by Crippen LogP contribution is -2.69. The van der Waals surface area contributed by atoms with Crippen LogP contribution < -0.4 is 20.1 Å². The first-order valence-electron chi connectivity index (χ1n) is 11.2. The Morgan fingerprint density at radius 3 is 2.66 bits per heavy atom. The number of fused-ring (bicyclic) bond motifs is 4. The normalized spacial score (nSPS) is 28.8. The molecule has 0 spiro atoms. The third kappa shape index (κ3) is 3.86. The van der Waals surface area contributed by atoms with Crippen molar-refractivity contribution in [2.24, 2.45) is 0 Å². The topological polar surface area (TPSA) is 161 Å². The first-order chi connectivity index (χ1) is 16.7. The summed E-state index contributed by atoms with van der Waals surface area (Å²) in [7, 11) is 3.82. The van der Waals surface area contributed by atoms with E-state index in [2.05, 4.69) is 10.6 Å². The van der Waals surface area contributed by atoms with Crippen LogP contribution in [0.15, 0.2) is 30.3 Å². The van der Waals surface area contributed by atoms with Gasteiger partial charge in [0.05, 0.1) is 17.6 Å². The van der Waals surface area contributed by atoms with Gasteiger partial charge in [-0.3, -0.25) is 9.59 Å². The molecule has 0 saturated heterocycles. The molecular weight excluding hydrogens is 458 g/mol. The molecule has 2 aliphatic heterocycles. The van der Waals surface area contributed by atoms with Crippen LogP contribution in [0.1, 0.15) is 37.8 Å². The van der Waals surface area contributed by atoms with Gasteiger partial charge in [-0.25, -0.2) is 0 Å². The number of hydrogen-bond acceptors (Lipinski definition) is 9. The van der Waals surface area contributed by atoms with Crippen LogP contribution in [0.2, 0.25) is 0 Å². The van der Waals surface area contributed by atoms with E-state index >= 15 is 0 Å². The van der Waals surface area contributed by atoms with Crippen molar-refractivity contribution >= 4 is 11.8 Å². The molecular formula is C24H27N3O8. The number of benzene rings is 2. The van der Waals surface area contributed by atoms with Gasteiger partial charge in [0.25, 0.3) is 11.8 Å². The molecule has 6 unspecified atom stereocenters. The fourth-order valence-electron chi connectivity index (χ4n) is 5.19. The van der Waals surface area contributed by atoms with E-state index in [-0.39, 0.29) is 29.4 Å². The van der Waals surface area contributed by atoms with E-state index < -0.39 is 53.9 Å². The van der Waals surface area contributed by atoms with Gasteiger partial charge < -0.3 is 45.4 Å². The zero-order valence-electron chi connectivity index (χ0n) is 19.1. The average molecular weight is 485 g/mol. The van der Waals surface area contributed by atoms with Gasteiger partial charge in [0.15, 0.2) is 11.5 Å². The first kappa shape index (κ1) is 23.4. The van der Waals surface area contributed by atoms with E-state index in [1.807, 2.05) is 25.1 Å². The number of phenolic OH excluding ortho intramolecular Hbond substituents is 1. The summed E-state index contributed by atoms with van der Waals surface area (Å²) in [5.41, 5.74) is 1.42. The molecule has 2 amide bonds. The van der Waals surface area contributed by atoms with E-state index in [0.29, 0.717) is 12.1 Å². The van der Waals surface area contributed by atoms with E-state index in [4.69, 9.17) is 9.47 Å². The van der Waals surface area contributed by atoms with Crippen molar-refractivity contribution in [1.82, 2.24) is 15.5 Å². The Labute approximate surface area is 200 Å². The SMILES string of the molecule is CN(C)Cc1cccc(C(=O)NC2C(O)C(O)C(O)C3NC(=O)c4c(cc5c(c4O)OCO5)C23)c1. The number of nitrogens with one attached hydrogen (secondary N) is 2. The summed E-state index contributed by atoms with van der Waals surface area (Å²) in [6, 6.07) is 6.35. The van der Waals surface area contributed by atoms with Crippen molar-refractivity contribution in [2.45, 2.75) is 42.9 Å². The van der Waals surface area contributed by atoms with Gasteiger partial charge in [-0.05, 0) is 43.4 Å². The maximum absolute atomic E-state index is 13.2. The lowest BCUT2D eigenvalue weighted by molar-refractivity contribution is -0.117. The van der Waals surface area contributed by atoms with Gasteiger partial charge in [0, 0.05) is 18.0 Å². The van der Waals surface area contributed by atoms with Crippen molar-refractivity contribution in [2.75, 3.05) is 20.9 Å². The second-order valence-corrected chi connectivity index (χ2v) is 9.36. The summed E-state index contributed by atoms with van der Waals surface area (Å²) < 4.78 is 10.6. The third-order valence-corrected chi connectivity index (χ3v) is 6.75. The van der Waals surface area contributed by atoms with Gasteiger partial charge in [0.2, 0.25) is 12.5 Å². The molecule has 1 fully saturated rings. The van der Waals surface area contributed by atoms with E-state index in [9.17, 15) is 30.0 Å². The molecule has 35 heavy (non-hydrogen) atoms. The molecule has 0 bridgehead atoms. The van der Waals surface area contributed by atoms with Crippen LogP contribution in [0, 0.1) is 0 Å². The Morgan fingerprint density at radius 1 is 1.14 bits per heavy atom. The Balaban J connectivity index is 1.54. The third-order valence-electron chi connectivity index (χ3n) is 6.75. The van der Waals surface area contributed by atoms with Crippen molar-refractivity contribution < 1.29 is 39.5 Å². The maximum Gasteiger partial charge on any atom is 0.255 e. The van der Waals surface area contributed by atoms with Gasteiger partial charge in [-0.15, -0.1) is 0 Å². The number of ether oxygens (including phenoxy) is 2. The van der Waals surface area contributed by atoms with Gasteiger partial charge in [-0.2, -0.15) is 0 Å². The zero-order chi connectivity index (χ0) is 25.0. The molecule has 2 aromatic carbocycles. The maximum atomic E-state index is 13.2. The second kappa shape index (κ2) is 8.68. The molecule has 2 heterocycles. The summed E-state index contributed by atoms with van der Waals surface area (Å²) in [4.78, 5) is 28.0.